The van der Waals surface area contributed by atoms with Crippen LogP contribution in [0.25, 0.3) is 5.78 Å². The quantitative estimate of drug-likeness (QED) is 0.758. The Bertz CT molecular complexity index is 468. The lowest BCUT2D eigenvalue weighted by atomic mass is 9.87. The van der Waals surface area contributed by atoms with E-state index in [2.05, 4.69) is 36.0 Å². The maximum absolute atomic E-state index is 6.13. The van der Waals surface area contributed by atoms with Gasteiger partial charge in [0, 0.05) is 12.4 Å². The van der Waals surface area contributed by atoms with Crippen molar-refractivity contribution in [2.24, 2.45) is 11.1 Å². The molecule has 2 aromatic heterocycles. The van der Waals surface area contributed by atoms with Crippen LogP contribution in [0.5, 0.6) is 0 Å². The molecule has 0 bridgehead atoms. The van der Waals surface area contributed by atoms with Crippen molar-refractivity contribution in [3.8, 4) is 0 Å². The minimum atomic E-state index is -0.156. The fraction of sp³-hybridized carbons (Fsp3) is 0.500. The maximum atomic E-state index is 6.13. The summed E-state index contributed by atoms with van der Waals surface area (Å²) in [5, 5.41) is 8.06. The van der Waals surface area contributed by atoms with Gasteiger partial charge in [-0.3, -0.25) is 4.40 Å². The summed E-state index contributed by atoms with van der Waals surface area (Å²) in [6.45, 7) is 6.24. The molecule has 5 heteroatoms. The third-order valence-electron chi connectivity index (χ3n) is 2.43. The van der Waals surface area contributed by atoms with Crippen molar-refractivity contribution in [2.45, 2.75) is 26.8 Å². The van der Waals surface area contributed by atoms with Crippen LogP contribution in [0.2, 0.25) is 0 Å². The van der Waals surface area contributed by atoms with Crippen LogP contribution in [-0.4, -0.2) is 19.6 Å². The average molecular weight is 205 g/mol. The predicted octanol–water partition coefficient (Wildman–Crippen LogP) is 1.17. The smallest absolute Gasteiger partial charge is 0.254 e. The molecule has 2 N–H and O–H groups in total. The van der Waals surface area contributed by atoms with Gasteiger partial charge >= 0.3 is 0 Å². The third-order valence-corrected chi connectivity index (χ3v) is 2.43. The Hall–Kier alpha value is -1.49. The Morgan fingerprint density at radius 2 is 2.07 bits per heavy atom. The van der Waals surface area contributed by atoms with E-state index in [1.165, 1.54) is 0 Å². The molecule has 0 aliphatic carbocycles. The molecule has 0 saturated carbocycles. The van der Waals surface area contributed by atoms with Crippen LogP contribution in [0.3, 0.4) is 0 Å². The second-order valence-corrected chi connectivity index (χ2v) is 4.69. The molecule has 0 fully saturated rings. The number of hydrogen-bond acceptors (Lipinski definition) is 4. The van der Waals surface area contributed by atoms with E-state index < -0.39 is 0 Å². The molecule has 80 valence electrons. The molecule has 2 aromatic rings. The van der Waals surface area contributed by atoms with Crippen LogP contribution >= 0.6 is 0 Å². The molecular weight excluding hydrogens is 190 g/mol. The first-order valence-electron chi connectivity index (χ1n) is 4.91. The van der Waals surface area contributed by atoms with Gasteiger partial charge in [0.2, 0.25) is 0 Å². The highest BCUT2D eigenvalue weighted by atomic mass is 15.3. The van der Waals surface area contributed by atoms with E-state index in [9.17, 15) is 0 Å². The van der Waals surface area contributed by atoms with Crippen molar-refractivity contribution in [1.82, 2.24) is 19.6 Å². The molecule has 1 unspecified atom stereocenters. The van der Waals surface area contributed by atoms with E-state index >= 15 is 0 Å². The predicted molar refractivity (Wildman–Crippen MR) is 57.2 cm³/mol. The van der Waals surface area contributed by atoms with Gasteiger partial charge in [-0.25, -0.2) is 4.98 Å². The molecule has 0 aliphatic heterocycles. The normalized spacial score (nSPS) is 14.4. The zero-order valence-corrected chi connectivity index (χ0v) is 9.18. The molecule has 0 saturated heterocycles. The lowest BCUT2D eigenvalue weighted by molar-refractivity contribution is 0.313. The fourth-order valence-corrected chi connectivity index (χ4v) is 1.36. The van der Waals surface area contributed by atoms with E-state index in [1.807, 2.05) is 16.7 Å². The van der Waals surface area contributed by atoms with Crippen molar-refractivity contribution in [1.29, 1.82) is 0 Å². The number of aromatic nitrogens is 4. The van der Waals surface area contributed by atoms with E-state index in [0.717, 1.165) is 5.82 Å². The number of fused-ring (bicyclic) bond motifs is 1. The zero-order valence-electron chi connectivity index (χ0n) is 9.18. The molecule has 0 amide bonds. The first-order chi connectivity index (χ1) is 7.00. The van der Waals surface area contributed by atoms with Crippen LogP contribution in [-0.2, 0) is 0 Å². The third kappa shape index (κ3) is 1.70. The number of rotatable bonds is 1. The van der Waals surface area contributed by atoms with Gasteiger partial charge in [0.1, 0.15) is 0 Å². The summed E-state index contributed by atoms with van der Waals surface area (Å²) in [4.78, 5) is 4.10. The highest BCUT2D eigenvalue weighted by Crippen LogP contribution is 2.28. The molecule has 1 atom stereocenters. The van der Waals surface area contributed by atoms with Gasteiger partial charge in [0.25, 0.3) is 5.78 Å². The lowest BCUT2D eigenvalue weighted by Crippen LogP contribution is -2.28. The summed E-state index contributed by atoms with van der Waals surface area (Å²) in [6.07, 6.45) is 3.57. The number of hydrogen-bond donors (Lipinski definition) is 1. The molecule has 2 heterocycles. The number of nitrogens with zero attached hydrogens (tertiary/aromatic N) is 4. The lowest BCUT2D eigenvalue weighted by Gasteiger charge is -2.25. The molecule has 15 heavy (non-hydrogen) atoms. The van der Waals surface area contributed by atoms with Crippen molar-refractivity contribution >= 4 is 5.78 Å². The first-order valence-corrected chi connectivity index (χ1v) is 4.91. The Balaban J connectivity index is 2.53. The minimum absolute atomic E-state index is 0.0429. The van der Waals surface area contributed by atoms with Crippen LogP contribution in [0, 0.1) is 5.41 Å². The maximum Gasteiger partial charge on any atom is 0.254 e. The van der Waals surface area contributed by atoms with Crippen molar-refractivity contribution < 1.29 is 0 Å². The van der Waals surface area contributed by atoms with Crippen molar-refractivity contribution in [2.75, 3.05) is 0 Å². The van der Waals surface area contributed by atoms with Crippen molar-refractivity contribution in [3.05, 3.63) is 24.3 Å². The van der Waals surface area contributed by atoms with Gasteiger partial charge in [-0.15, -0.1) is 10.2 Å². The van der Waals surface area contributed by atoms with Gasteiger partial charge in [-0.1, -0.05) is 20.8 Å². The standard InChI is InChI=1S/C10H15N5/c1-10(2,3)7(11)8-13-14-9-12-5-4-6-15(8)9/h4-7H,11H2,1-3H3. The second kappa shape index (κ2) is 3.27. The summed E-state index contributed by atoms with van der Waals surface area (Å²) in [6, 6.07) is 1.69. The van der Waals surface area contributed by atoms with Crippen molar-refractivity contribution in [3.63, 3.8) is 0 Å². The van der Waals surface area contributed by atoms with E-state index in [-0.39, 0.29) is 11.5 Å². The molecule has 5 nitrogen and oxygen atoms in total. The van der Waals surface area contributed by atoms with Gasteiger partial charge < -0.3 is 5.73 Å². The zero-order chi connectivity index (χ0) is 11.1. The topological polar surface area (TPSA) is 69.1 Å². The SMILES string of the molecule is CC(C)(C)C(N)c1nnc2ncccn12. The molecule has 0 spiro atoms. The molecule has 0 aromatic carbocycles. The van der Waals surface area contributed by atoms with E-state index in [1.54, 1.807) is 6.20 Å². The van der Waals surface area contributed by atoms with Gasteiger partial charge in [0.05, 0.1) is 6.04 Å². The van der Waals surface area contributed by atoms with Gasteiger partial charge in [-0.05, 0) is 11.5 Å². The van der Waals surface area contributed by atoms with Crippen LogP contribution in [0.1, 0.15) is 32.6 Å². The first kappa shape index (κ1) is 10.0. The molecule has 0 radical (unpaired) electrons. The average Bonchev–Trinajstić information content (AvgIpc) is 2.58. The highest BCUT2D eigenvalue weighted by Gasteiger charge is 2.26. The molecule has 0 aliphatic rings. The fourth-order valence-electron chi connectivity index (χ4n) is 1.36. The molecular formula is C10H15N5. The van der Waals surface area contributed by atoms with Crippen LogP contribution in [0.15, 0.2) is 18.5 Å². The minimum Gasteiger partial charge on any atom is -0.321 e. The summed E-state index contributed by atoms with van der Waals surface area (Å²) in [7, 11) is 0. The summed E-state index contributed by atoms with van der Waals surface area (Å²) >= 11 is 0. The van der Waals surface area contributed by atoms with Gasteiger partial charge in [-0.2, -0.15) is 0 Å². The second-order valence-electron chi connectivity index (χ2n) is 4.69. The summed E-state index contributed by atoms with van der Waals surface area (Å²) in [5.41, 5.74) is 6.09. The Morgan fingerprint density at radius 1 is 1.33 bits per heavy atom. The monoisotopic (exact) mass is 205 g/mol. The van der Waals surface area contributed by atoms with Gasteiger partial charge in [0.15, 0.2) is 5.82 Å². The van der Waals surface area contributed by atoms with E-state index in [4.69, 9.17) is 5.73 Å². The Morgan fingerprint density at radius 3 is 2.73 bits per heavy atom. The highest BCUT2D eigenvalue weighted by molar-refractivity contribution is 5.27. The Labute approximate surface area is 88.3 Å². The summed E-state index contributed by atoms with van der Waals surface area (Å²) < 4.78 is 1.83. The summed E-state index contributed by atoms with van der Waals surface area (Å²) in [5.74, 6) is 1.35. The largest absolute Gasteiger partial charge is 0.321 e. The number of nitrogens with two attached hydrogens (primary N) is 1. The van der Waals surface area contributed by atoms with E-state index in [0.29, 0.717) is 5.78 Å². The van der Waals surface area contributed by atoms with Crippen LogP contribution in [0.4, 0.5) is 0 Å². The van der Waals surface area contributed by atoms with Crippen LogP contribution < -0.4 is 5.73 Å². The Kier molecular flexibility index (Phi) is 2.19. The molecule has 2 rings (SSSR count).